The second-order valence-corrected chi connectivity index (χ2v) is 6.23. The maximum atomic E-state index is 6.44. The Kier molecular flexibility index (Phi) is 7.15. The zero-order valence-electron chi connectivity index (χ0n) is 14.6. The van der Waals surface area contributed by atoms with E-state index in [1.807, 2.05) is 7.05 Å². The number of nitrogens with one attached hydrogen (secondary N) is 1. The van der Waals surface area contributed by atoms with Gasteiger partial charge in [-0.2, -0.15) is 0 Å². The normalized spacial score (nSPS) is 13.5. The predicted octanol–water partition coefficient (Wildman–Crippen LogP) is 5.00. The van der Waals surface area contributed by atoms with Crippen molar-refractivity contribution >= 4 is 0 Å². The molecule has 1 N–H and O–H groups in total. The lowest BCUT2D eigenvalue weighted by Gasteiger charge is -2.22. The van der Waals surface area contributed by atoms with E-state index in [4.69, 9.17) is 4.74 Å². The fourth-order valence-electron chi connectivity index (χ4n) is 2.70. The number of benzene rings is 2. The molecule has 0 aromatic heterocycles. The molecular weight excluding hydrogens is 282 g/mol. The minimum atomic E-state index is 0.0849. The molecule has 0 spiro atoms. The maximum Gasteiger partial charge on any atom is 0.125 e. The maximum absolute atomic E-state index is 6.44. The van der Waals surface area contributed by atoms with Crippen molar-refractivity contribution in [3.05, 3.63) is 65.7 Å². The standard InChI is InChI=1S/C21H29NO/c1-4-17(2)16-19-12-8-9-13-20(19)23-21(14-15-22-3)18-10-6-5-7-11-18/h5-13,17,21-22H,4,14-16H2,1-3H3. The van der Waals surface area contributed by atoms with Crippen LogP contribution in [0.25, 0.3) is 0 Å². The van der Waals surface area contributed by atoms with Gasteiger partial charge in [0.25, 0.3) is 0 Å². The monoisotopic (exact) mass is 311 g/mol. The molecule has 0 amide bonds. The summed E-state index contributed by atoms with van der Waals surface area (Å²) in [6.45, 7) is 5.48. The highest BCUT2D eigenvalue weighted by Crippen LogP contribution is 2.29. The summed E-state index contributed by atoms with van der Waals surface area (Å²) < 4.78 is 6.44. The first kappa shape index (κ1) is 17.6. The Hall–Kier alpha value is -1.80. The van der Waals surface area contributed by atoms with Crippen LogP contribution in [-0.4, -0.2) is 13.6 Å². The van der Waals surface area contributed by atoms with E-state index < -0.39 is 0 Å². The van der Waals surface area contributed by atoms with Gasteiger partial charge in [0, 0.05) is 6.42 Å². The zero-order chi connectivity index (χ0) is 16.5. The Morgan fingerprint density at radius 2 is 1.70 bits per heavy atom. The Morgan fingerprint density at radius 1 is 1.00 bits per heavy atom. The van der Waals surface area contributed by atoms with Gasteiger partial charge < -0.3 is 10.1 Å². The lowest BCUT2D eigenvalue weighted by Crippen LogP contribution is -2.17. The molecule has 2 rings (SSSR count). The highest BCUT2D eigenvalue weighted by Gasteiger charge is 2.15. The molecule has 2 aromatic carbocycles. The lowest BCUT2D eigenvalue weighted by atomic mass is 9.98. The third-order valence-electron chi connectivity index (χ3n) is 4.34. The summed E-state index contributed by atoms with van der Waals surface area (Å²) in [5.41, 5.74) is 2.55. The molecule has 2 nitrogen and oxygen atoms in total. The van der Waals surface area contributed by atoms with Crippen molar-refractivity contribution in [1.29, 1.82) is 0 Å². The van der Waals surface area contributed by atoms with Gasteiger partial charge in [0.2, 0.25) is 0 Å². The van der Waals surface area contributed by atoms with Crippen LogP contribution in [0.4, 0.5) is 0 Å². The summed E-state index contributed by atoms with van der Waals surface area (Å²) >= 11 is 0. The Bertz CT molecular complexity index is 567. The summed E-state index contributed by atoms with van der Waals surface area (Å²) in [5.74, 6) is 1.70. The molecule has 0 saturated heterocycles. The van der Waals surface area contributed by atoms with Crippen molar-refractivity contribution in [2.45, 2.75) is 39.2 Å². The van der Waals surface area contributed by atoms with Gasteiger partial charge in [0.1, 0.15) is 11.9 Å². The molecule has 0 aliphatic carbocycles. The molecule has 23 heavy (non-hydrogen) atoms. The third-order valence-corrected chi connectivity index (χ3v) is 4.34. The number of rotatable bonds is 9. The fourth-order valence-corrected chi connectivity index (χ4v) is 2.70. The molecule has 0 bridgehead atoms. The van der Waals surface area contributed by atoms with E-state index in [2.05, 4.69) is 73.8 Å². The Morgan fingerprint density at radius 3 is 2.39 bits per heavy atom. The summed E-state index contributed by atoms with van der Waals surface area (Å²) in [4.78, 5) is 0. The number of ether oxygens (including phenoxy) is 1. The van der Waals surface area contributed by atoms with E-state index >= 15 is 0 Å². The van der Waals surface area contributed by atoms with Crippen molar-refractivity contribution in [1.82, 2.24) is 5.32 Å². The van der Waals surface area contributed by atoms with E-state index in [0.29, 0.717) is 5.92 Å². The van der Waals surface area contributed by atoms with Crippen LogP contribution in [0.1, 0.15) is 43.9 Å². The van der Waals surface area contributed by atoms with Crippen LogP contribution in [0.2, 0.25) is 0 Å². The molecular formula is C21H29NO. The first-order valence-corrected chi connectivity index (χ1v) is 8.68. The largest absolute Gasteiger partial charge is 0.485 e. The molecule has 0 aliphatic heterocycles. The minimum Gasteiger partial charge on any atom is -0.485 e. The van der Waals surface area contributed by atoms with Gasteiger partial charge in [0.15, 0.2) is 0 Å². The Balaban J connectivity index is 2.19. The van der Waals surface area contributed by atoms with Crippen LogP contribution in [0.3, 0.4) is 0 Å². The van der Waals surface area contributed by atoms with Crippen LogP contribution in [-0.2, 0) is 6.42 Å². The molecule has 0 saturated carbocycles. The third kappa shape index (κ3) is 5.40. The van der Waals surface area contributed by atoms with Gasteiger partial charge in [-0.05, 0) is 43.1 Å². The SMILES string of the molecule is CCC(C)Cc1ccccc1OC(CCNC)c1ccccc1. The van der Waals surface area contributed by atoms with Gasteiger partial charge in [-0.15, -0.1) is 0 Å². The predicted molar refractivity (Wildman–Crippen MR) is 98.0 cm³/mol. The molecule has 2 aromatic rings. The number of para-hydroxylation sites is 1. The van der Waals surface area contributed by atoms with Gasteiger partial charge in [-0.25, -0.2) is 0 Å². The minimum absolute atomic E-state index is 0.0849. The molecule has 2 unspecified atom stereocenters. The second-order valence-electron chi connectivity index (χ2n) is 6.23. The molecule has 0 heterocycles. The lowest BCUT2D eigenvalue weighted by molar-refractivity contribution is 0.192. The smallest absolute Gasteiger partial charge is 0.125 e. The summed E-state index contributed by atoms with van der Waals surface area (Å²) in [6, 6.07) is 19.0. The van der Waals surface area contributed by atoms with Gasteiger partial charge in [-0.3, -0.25) is 0 Å². The van der Waals surface area contributed by atoms with Crippen molar-refractivity contribution < 1.29 is 4.74 Å². The Labute approximate surface area is 140 Å². The summed E-state index contributed by atoms with van der Waals surface area (Å²) in [6.07, 6.45) is 3.30. The molecule has 2 atom stereocenters. The fraction of sp³-hybridized carbons (Fsp3) is 0.429. The summed E-state index contributed by atoms with van der Waals surface area (Å²) in [7, 11) is 1.99. The van der Waals surface area contributed by atoms with Crippen LogP contribution >= 0.6 is 0 Å². The van der Waals surface area contributed by atoms with Gasteiger partial charge >= 0.3 is 0 Å². The highest BCUT2D eigenvalue weighted by atomic mass is 16.5. The van der Waals surface area contributed by atoms with E-state index in [9.17, 15) is 0 Å². The highest BCUT2D eigenvalue weighted by molar-refractivity contribution is 5.34. The molecule has 2 heteroatoms. The average molecular weight is 311 g/mol. The number of hydrogen-bond acceptors (Lipinski definition) is 2. The first-order valence-electron chi connectivity index (χ1n) is 8.68. The van der Waals surface area contributed by atoms with Crippen LogP contribution in [0.5, 0.6) is 5.75 Å². The van der Waals surface area contributed by atoms with Crippen molar-refractivity contribution in [3.63, 3.8) is 0 Å². The van der Waals surface area contributed by atoms with Gasteiger partial charge in [-0.1, -0.05) is 68.8 Å². The average Bonchev–Trinajstić information content (AvgIpc) is 2.60. The van der Waals surface area contributed by atoms with E-state index in [1.165, 1.54) is 17.5 Å². The quantitative estimate of drug-likeness (QED) is 0.703. The van der Waals surface area contributed by atoms with Crippen molar-refractivity contribution in [2.75, 3.05) is 13.6 Å². The molecule has 0 fully saturated rings. The second kappa shape index (κ2) is 9.36. The first-order chi connectivity index (χ1) is 11.2. The molecule has 0 aliphatic rings. The van der Waals surface area contributed by atoms with Crippen LogP contribution in [0, 0.1) is 5.92 Å². The van der Waals surface area contributed by atoms with E-state index in [-0.39, 0.29) is 6.10 Å². The van der Waals surface area contributed by atoms with Gasteiger partial charge in [0.05, 0.1) is 0 Å². The molecule has 124 valence electrons. The van der Waals surface area contributed by atoms with Crippen molar-refractivity contribution in [3.8, 4) is 5.75 Å². The molecule has 0 radical (unpaired) electrons. The zero-order valence-corrected chi connectivity index (χ0v) is 14.6. The topological polar surface area (TPSA) is 21.3 Å². The van der Waals surface area contributed by atoms with E-state index in [0.717, 1.165) is 25.1 Å². The van der Waals surface area contributed by atoms with E-state index in [1.54, 1.807) is 0 Å². The van der Waals surface area contributed by atoms with Crippen LogP contribution < -0.4 is 10.1 Å². The summed E-state index contributed by atoms with van der Waals surface area (Å²) in [5, 5.41) is 3.23. The van der Waals surface area contributed by atoms with Crippen LogP contribution in [0.15, 0.2) is 54.6 Å². The van der Waals surface area contributed by atoms with Crippen molar-refractivity contribution in [2.24, 2.45) is 5.92 Å². The number of hydrogen-bond donors (Lipinski definition) is 1.